The summed E-state index contributed by atoms with van der Waals surface area (Å²) in [6.07, 6.45) is -1.06. The number of anilines is 1. The first-order valence-electron chi connectivity index (χ1n) is 5.66. The van der Waals surface area contributed by atoms with Crippen LogP contribution in [0, 0.1) is 0 Å². The lowest BCUT2D eigenvalue weighted by Crippen LogP contribution is -2.26. The Bertz CT molecular complexity index is 498. The Hall–Kier alpha value is -2.21. The molecular formula is C13H15NO5. The first-order chi connectivity index (χ1) is 8.91. The zero-order valence-corrected chi connectivity index (χ0v) is 10.7. The number of carboxylic acids is 1. The fraction of sp³-hybridized carbons (Fsp3) is 0.308. The predicted octanol–water partition coefficient (Wildman–Crippen LogP) is 1.32. The van der Waals surface area contributed by atoms with Crippen LogP contribution >= 0.6 is 0 Å². The summed E-state index contributed by atoms with van der Waals surface area (Å²) in [6.45, 7) is 2.34. The zero-order chi connectivity index (χ0) is 14.4. The van der Waals surface area contributed by atoms with Crippen LogP contribution in [-0.2, 0) is 14.3 Å². The molecule has 0 spiro atoms. The van der Waals surface area contributed by atoms with Gasteiger partial charge in [-0.05, 0) is 26.0 Å². The van der Waals surface area contributed by atoms with Crippen LogP contribution in [0.5, 0.6) is 0 Å². The molecule has 1 amide bonds. The van der Waals surface area contributed by atoms with Gasteiger partial charge in [0.25, 0.3) is 0 Å². The number of amides is 1. The summed E-state index contributed by atoms with van der Waals surface area (Å²) >= 11 is 0. The molecule has 0 saturated carbocycles. The molecule has 1 rings (SSSR count). The van der Waals surface area contributed by atoms with Crippen molar-refractivity contribution < 1.29 is 24.2 Å². The van der Waals surface area contributed by atoms with E-state index in [1.165, 1.54) is 13.8 Å². The number of ketones is 1. The molecule has 0 aromatic heterocycles. The molecule has 19 heavy (non-hydrogen) atoms. The maximum atomic E-state index is 11.6. The number of para-hydroxylation sites is 1. The molecule has 2 N–H and O–H groups in total. The van der Waals surface area contributed by atoms with Gasteiger partial charge >= 0.3 is 5.97 Å². The van der Waals surface area contributed by atoms with Crippen LogP contribution in [0.3, 0.4) is 0 Å². The third-order valence-corrected chi connectivity index (χ3v) is 2.39. The van der Waals surface area contributed by atoms with Crippen molar-refractivity contribution in [1.82, 2.24) is 0 Å². The highest BCUT2D eigenvalue weighted by Crippen LogP contribution is 2.15. The molecule has 1 atom stereocenters. The van der Waals surface area contributed by atoms with Gasteiger partial charge in [-0.3, -0.25) is 9.59 Å². The van der Waals surface area contributed by atoms with Crippen molar-refractivity contribution in [3.05, 3.63) is 29.8 Å². The average molecular weight is 265 g/mol. The SMILES string of the molecule is CC(=O)c1ccccc1NC(=O)CO[C@@H](C)C(=O)O. The minimum absolute atomic E-state index is 0.171. The lowest BCUT2D eigenvalue weighted by molar-refractivity contribution is -0.150. The second-order valence-corrected chi connectivity index (χ2v) is 3.94. The van der Waals surface area contributed by atoms with Gasteiger partial charge in [0.1, 0.15) is 6.61 Å². The van der Waals surface area contributed by atoms with E-state index >= 15 is 0 Å². The van der Waals surface area contributed by atoms with Crippen molar-refractivity contribution in [2.45, 2.75) is 20.0 Å². The molecule has 102 valence electrons. The summed E-state index contributed by atoms with van der Waals surface area (Å²) in [5, 5.41) is 11.1. The van der Waals surface area contributed by atoms with Crippen molar-refractivity contribution in [3.8, 4) is 0 Å². The average Bonchev–Trinajstić information content (AvgIpc) is 2.36. The number of carboxylic acid groups (broad SMARTS) is 1. The predicted molar refractivity (Wildman–Crippen MR) is 68.1 cm³/mol. The fourth-order valence-corrected chi connectivity index (χ4v) is 1.36. The topological polar surface area (TPSA) is 92.7 Å². The molecule has 6 nitrogen and oxygen atoms in total. The number of benzene rings is 1. The van der Waals surface area contributed by atoms with Crippen molar-refractivity contribution in [3.63, 3.8) is 0 Å². The van der Waals surface area contributed by atoms with Crippen LogP contribution in [0.15, 0.2) is 24.3 Å². The molecule has 0 heterocycles. The Balaban J connectivity index is 2.63. The van der Waals surface area contributed by atoms with E-state index in [-0.39, 0.29) is 12.4 Å². The Labute approximate surface area is 110 Å². The first kappa shape index (κ1) is 14.8. The Kier molecular flexibility index (Phi) is 5.20. The second kappa shape index (κ2) is 6.65. The first-order valence-corrected chi connectivity index (χ1v) is 5.66. The van der Waals surface area contributed by atoms with Gasteiger partial charge in [-0.15, -0.1) is 0 Å². The molecule has 0 aliphatic rings. The summed E-state index contributed by atoms with van der Waals surface area (Å²) in [5.41, 5.74) is 0.772. The molecule has 6 heteroatoms. The quantitative estimate of drug-likeness (QED) is 0.757. The summed E-state index contributed by atoms with van der Waals surface area (Å²) in [5.74, 6) is -1.82. The molecule has 1 aromatic carbocycles. The summed E-state index contributed by atoms with van der Waals surface area (Å²) < 4.78 is 4.84. The van der Waals surface area contributed by atoms with E-state index in [1.54, 1.807) is 24.3 Å². The van der Waals surface area contributed by atoms with Gasteiger partial charge < -0.3 is 15.2 Å². The highest BCUT2D eigenvalue weighted by Gasteiger charge is 2.14. The van der Waals surface area contributed by atoms with Gasteiger partial charge in [-0.2, -0.15) is 0 Å². The third kappa shape index (κ3) is 4.51. The number of Topliss-reactive ketones (excluding diaryl/α,β-unsaturated/α-hetero) is 1. The molecule has 0 aliphatic carbocycles. The third-order valence-electron chi connectivity index (χ3n) is 2.39. The second-order valence-electron chi connectivity index (χ2n) is 3.94. The summed E-state index contributed by atoms with van der Waals surface area (Å²) in [4.78, 5) is 33.4. The van der Waals surface area contributed by atoms with Gasteiger partial charge in [0.05, 0.1) is 5.69 Å². The van der Waals surface area contributed by atoms with Gasteiger partial charge in [0.2, 0.25) is 5.91 Å². The Morgan fingerprint density at radius 3 is 2.53 bits per heavy atom. The number of hydrogen-bond acceptors (Lipinski definition) is 4. The lowest BCUT2D eigenvalue weighted by Gasteiger charge is -2.11. The molecule has 0 aliphatic heterocycles. The maximum Gasteiger partial charge on any atom is 0.332 e. The number of ether oxygens (including phenoxy) is 1. The molecule has 0 bridgehead atoms. The van der Waals surface area contributed by atoms with Gasteiger partial charge in [-0.25, -0.2) is 4.79 Å². The van der Waals surface area contributed by atoms with E-state index in [1.807, 2.05) is 0 Å². The maximum absolute atomic E-state index is 11.6. The van der Waals surface area contributed by atoms with E-state index in [0.717, 1.165) is 0 Å². The minimum atomic E-state index is -1.14. The number of carbonyl (C=O) groups is 3. The minimum Gasteiger partial charge on any atom is -0.479 e. The number of nitrogens with one attached hydrogen (secondary N) is 1. The van der Waals surface area contributed by atoms with Crippen LogP contribution in [-0.4, -0.2) is 35.5 Å². The van der Waals surface area contributed by atoms with E-state index < -0.39 is 18.0 Å². The summed E-state index contributed by atoms with van der Waals surface area (Å²) in [7, 11) is 0. The van der Waals surface area contributed by atoms with Gasteiger partial charge in [-0.1, -0.05) is 12.1 Å². The normalized spacial score (nSPS) is 11.7. The van der Waals surface area contributed by atoms with Gasteiger partial charge in [0.15, 0.2) is 11.9 Å². The van der Waals surface area contributed by atoms with Crippen LogP contribution in [0.2, 0.25) is 0 Å². The van der Waals surface area contributed by atoms with E-state index in [0.29, 0.717) is 11.3 Å². The number of hydrogen-bond donors (Lipinski definition) is 2. The molecule has 0 radical (unpaired) electrons. The Morgan fingerprint density at radius 2 is 1.95 bits per heavy atom. The van der Waals surface area contributed by atoms with Crippen molar-refractivity contribution in [1.29, 1.82) is 0 Å². The molecule has 0 fully saturated rings. The highest BCUT2D eigenvalue weighted by molar-refractivity contribution is 6.03. The van der Waals surface area contributed by atoms with Crippen molar-refractivity contribution in [2.75, 3.05) is 11.9 Å². The summed E-state index contributed by atoms with van der Waals surface area (Å²) in [6, 6.07) is 6.56. The van der Waals surface area contributed by atoms with Crippen LogP contribution in [0.25, 0.3) is 0 Å². The monoisotopic (exact) mass is 265 g/mol. The largest absolute Gasteiger partial charge is 0.479 e. The highest BCUT2D eigenvalue weighted by atomic mass is 16.5. The Morgan fingerprint density at radius 1 is 1.32 bits per heavy atom. The number of rotatable bonds is 6. The van der Waals surface area contributed by atoms with Crippen LogP contribution in [0.1, 0.15) is 24.2 Å². The molecule has 1 aromatic rings. The fourth-order valence-electron chi connectivity index (χ4n) is 1.36. The zero-order valence-electron chi connectivity index (χ0n) is 10.7. The molecular weight excluding hydrogens is 250 g/mol. The van der Waals surface area contributed by atoms with Crippen LogP contribution in [0.4, 0.5) is 5.69 Å². The lowest BCUT2D eigenvalue weighted by atomic mass is 10.1. The van der Waals surface area contributed by atoms with Crippen molar-refractivity contribution in [2.24, 2.45) is 0 Å². The van der Waals surface area contributed by atoms with E-state index in [9.17, 15) is 14.4 Å². The smallest absolute Gasteiger partial charge is 0.332 e. The van der Waals surface area contributed by atoms with Crippen LogP contribution < -0.4 is 5.32 Å². The molecule has 0 unspecified atom stereocenters. The number of carbonyl (C=O) groups excluding carboxylic acids is 2. The van der Waals surface area contributed by atoms with E-state index in [4.69, 9.17) is 9.84 Å². The van der Waals surface area contributed by atoms with Crippen molar-refractivity contribution >= 4 is 23.3 Å². The number of aliphatic carboxylic acids is 1. The molecule has 0 saturated heterocycles. The standard InChI is InChI=1S/C13H15NO5/c1-8(15)10-5-3-4-6-11(10)14-12(16)7-19-9(2)13(17)18/h3-6,9H,7H2,1-2H3,(H,14,16)(H,17,18)/t9-/m0/s1. The van der Waals surface area contributed by atoms with Gasteiger partial charge in [0, 0.05) is 5.56 Å². The van der Waals surface area contributed by atoms with E-state index in [2.05, 4.69) is 5.32 Å².